The summed E-state index contributed by atoms with van der Waals surface area (Å²) in [6, 6.07) is 14.3. The average molecular weight is 285 g/mol. The van der Waals surface area contributed by atoms with Gasteiger partial charge >= 0.3 is 0 Å². The van der Waals surface area contributed by atoms with Crippen molar-refractivity contribution >= 4 is 0 Å². The van der Waals surface area contributed by atoms with Gasteiger partial charge in [0, 0.05) is 6.20 Å². The number of hydrogen-bond donors (Lipinski definition) is 1. The van der Waals surface area contributed by atoms with E-state index in [4.69, 9.17) is 5.73 Å². The molecule has 0 saturated heterocycles. The lowest BCUT2D eigenvalue weighted by molar-refractivity contribution is 0.506. The van der Waals surface area contributed by atoms with Crippen molar-refractivity contribution in [3.05, 3.63) is 83.7 Å². The molecule has 2 aromatic carbocycles. The summed E-state index contributed by atoms with van der Waals surface area (Å²) in [4.78, 5) is 0. The van der Waals surface area contributed by atoms with E-state index in [0.717, 1.165) is 17.8 Å². The third-order valence-corrected chi connectivity index (χ3v) is 3.29. The van der Waals surface area contributed by atoms with Gasteiger partial charge in [0.2, 0.25) is 0 Å². The maximum Gasteiger partial charge on any atom is 0.159 e. The molecular formula is C16H13F2N3. The van der Waals surface area contributed by atoms with Crippen LogP contribution in [0, 0.1) is 11.6 Å². The van der Waals surface area contributed by atoms with Crippen molar-refractivity contribution in [1.82, 2.24) is 9.78 Å². The Morgan fingerprint density at radius 1 is 0.952 bits per heavy atom. The molecule has 2 N–H and O–H groups in total. The molecule has 0 fully saturated rings. The fourth-order valence-electron chi connectivity index (χ4n) is 2.21. The van der Waals surface area contributed by atoms with Crippen LogP contribution < -0.4 is 5.73 Å². The van der Waals surface area contributed by atoms with Crippen LogP contribution in [-0.4, -0.2) is 9.78 Å². The molecule has 106 valence electrons. The highest BCUT2D eigenvalue weighted by atomic mass is 19.2. The summed E-state index contributed by atoms with van der Waals surface area (Å²) in [5.74, 6) is -1.80. The third-order valence-electron chi connectivity index (χ3n) is 3.29. The van der Waals surface area contributed by atoms with E-state index < -0.39 is 17.7 Å². The van der Waals surface area contributed by atoms with Gasteiger partial charge in [0.15, 0.2) is 11.6 Å². The molecular weight excluding hydrogens is 272 g/mol. The summed E-state index contributed by atoms with van der Waals surface area (Å²) in [5.41, 5.74) is 8.22. The van der Waals surface area contributed by atoms with Crippen LogP contribution in [0.1, 0.15) is 17.3 Å². The number of hydrogen-bond acceptors (Lipinski definition) is 2. The second-order valence-corrected chi connectivity index (χ2v) is 4.65. The van der Waals surface area contributed by atoms with Crippen LogP contribution in [0.25, 0.3) is 5.69 Å². The Labute approximate surface area is 120 Å². The monoisotopic (exact) mass is 285 g/mol. The molecule has 1 heterocycles. The summed E-state index contributed by atoms with van der Waals surface area (Å²) >= 11 is 0. The molecule has 0 aliphatic heterocycles. The van der Waals surface area contributed by atoms with Gasteiger partial charge in [-0.25, -0.2) is 13.5 Å². The van der Waals surface area contributed by atoms with Gasteiger partial charge < -0.3 is 5.73 Å². The molecule has 0 radical (unpaired) electrons. The van der Waals surface area contributed by atoms with E-state index in [0.29, 0.717) is 11.3 Å². The molecule has 1 aromatic heterocycles. The number of rotatable bonds is 3. The predicted octanol–water partition coefficient (Wildman–Crippen LogP) is 3.20. The molecule has 0 aliphatic carbocycles. The van der Waals surface area contributed by atoms with Gasteiger partial charge in [-0.1, -0.05) is 24.3 Å². The van der Waals surface area contributed by atoms with Gasteiger partial charge in [-0.05, 0) is 35.9 Å². The van der Waals surface area contributed by atoms with Crippen molar-refractivity contribution < 1.29 is 8.78 Å². The van der Waals surface area contributed by atoms with Crippen molar-refractivity contribution in [3.8, 4) is 5.69 Å². The molecule has 1 atom stereocenters. The molecule has 3 aromatic rings. The zero-order valence-electron chi connectivity index (χ0n) is 11.1. The molecule has 0 aliphatic rings. The van der Waals surface area contributed by atoms with E-state index in [1.54, 1.807) is 16.9 Å². The minimum Gasteiger partial charge on any atom is -0.319 e. The SMILES string of the molecule is NC(c1ccc(F)c(F)c1)c1ccnn1-c1ccccc1. The fourth-order valence-corrected chi connectivity index (χ4v) is 2.21. The number of nitrogens with two attached hydrogens (primary N) is 1. The zero-order chi connectivity index (χ0) is 14.8. The number of nitrogens with zero attached hydrogens (tertiary/aromatic N) is 2. The van der Waals surface area contributed by atoms with Crippen LogP contribution in [-0.2, 0) is 0 Å². The lowest BCUT2D eigenvalue weighted by Crippen LogP contribution is -2.17. The quantitative estimate of drug-likeness (QED) is 0.803. The number of para-hydroxylation sites is 1. The van der Waals surface area contributed by atoms with E-state index in [9.17, 15) is 8.78 Å². The highest BCUT2D eigenvalue weighted by molar-refractivity contribution is 5.36. The topological polar surface area (TPSA) is 43.8 Å². The summed E-state index contributed by atoms with van der Waals surface area (Å²) < 4.78 is 28.1. The molecule has 0 amide bonds. The van der Waals surface area contributed by atoms with E-state index >= 15 is 0 Å². The van der Waals surface area contributed by atoms with Gasteiger partial charge in [-0.3, -0.25) is 0 Å². The minimum atomic E-state index is -0.909. The smallest absolute Gasteiger partial charge is 0.159 e. The first-order valence-electron chi connectivity index (χ1n) is 6.46. The molecule has 0 bridgehead atoms. The Balaban J connectivity index is 2.01. The molecule has 5 heteroatoms. The average Bonchev–Trinajstić information content (AvgIpc) is 2.99. The van der Waals surface area contributed by atoms with E-state index in [-0.39, 0.29) is 0 Å². The Kier molecular flexibility index (Phi) is 3.50. The Bertz CT molecular complexity index is 753. The summed E-state index contributed by atoms with van der Waals surface area (Å²) in [6.07, 6.45) is 1.63. The lowest BCUT2D eigenvalue weighted by Gasteiger charge is -2.15. The highest BCUT2D eigenvalue weighted by Crippen LogP contribution is 2.23. The number of aromatic nitrogens is 2. The molecule has 21 heavy (non-hydrogen) atoms. The van der Waals surface area contributed by atoms with Gasteiger partial charge in [0.25, 0.3) is 0 Å². The normalized spacial score (nSPS) is 12.3. The first-order valence-corrected chi connectivity index (χ1v) is 6.46. The second kappa shape index (κ2) is 5.46. The van der Waals surface area contributed by atoms with Crippen molar-refractivity contribution in [2.24, 2.45) is 5.73 Å². The van der Waals surface area contributed by atoms with Crippen LogP contribution in [0.2, 0.25) is 0 Å². The standard InChI is InChI=1S/C16H13F2N3/c17-13-7-6-11(10-14(13)18)16(19)15-8-9-20-21(15)12-4-2-1-3-5-12/h1-10,16H,19H2. The van der Waals surface area contributed by atoms with Gasteiger partial charge in [0.1, 0.15) is 0 Å². The Morgan fingerprint density at radius 3 is 2.43 bits per heavy atom. The number of benzene rings is 2. The zero-order valence-corrected chi connectivity index (χ0v) is 11.1. The maximum atomic E-state index is 13.4. The molecule has 0 spiro atoms. The maximum absolute atomic E-state index is 13.4. The van der Waals surface area contributed by atoms with Crippen molar-refractivity contribution in [1.29, 1.82) is 0 Å². The Morgan fingerprint density at radius 2 is 1.71 bits per heavy atom. The first-order chi connectivity index (χ1) is 10.2. The van der Waals surface area contributed by atoms with Gasteiger partial charge in [0.05, 0.1) is 17.4 Å². The molecule has 1 unspecified atom stereocenters. The minimum absolute atomic E-state index is 0.492. The summed E-state index contributed by atoms with van der Waals surface area (Å²) in [6.45, 7) is 0. The summed E-state index contributed by atoms with van der Waals surface area (Å²) in [5, 5.41) is 4.24. The van der Waals surface area contributed by atoms with Crippen LogP contribution in [0.4, 0.5) is 8.78 Å². The van der Waals surface area contributed by atoms with Crippen LogP contribution in [0.5, 0.6) is 0 Å². The third kappa shape index (κ3) is 2.55. The predicted molar refractivity (Wildman–Crippen MR) is 76.0 cm³/mol. The van der Waals surface area contributed by atoms with E-state index in [1.165, 1.54) is 6.07 Å². The Hall–Kier alpha value is -2.53. The van der Waals surface area contributed by atoms with Crippen molar-refractivity contribution in [2.45, 2.75) is 6.04 Å². The number of halogens is 2. The fraction of sp³-hybridized carbons (Fsp3) is 0.0625. The van der Waals surface area contributed by atoms with E-state index in [1.807, 2.05) is 30.3 Å². The van der Waals surface area contributed by atoms with Gasteiger partial charge in [-0.15, -0.1) is 0 Å². The summed E-state index contributed by atoms with van der Waals surface area (Å²) in [7, 11) is 0. The second-order valence-electron chi connectivity index (χ2n) is 4.65. The largest absolute Gasteiger partial charge is 0.319 e. The molecule has 0 saturated carbocycles. The van der Waals surface area contributed by atoms with E-state index in [2.05, 4.69) is 5.10 Å². The molecule has 3 rings (SSSR count). The van der Waals surface area contributed by atoms with Crippen molar-refractivity contribution in [2.75, 3.05) is 0 Å². The van der Waals surface area contributed by atoms with Crippen LogP contribution >= 0.6 is 0 Å². The van der Waals surface area contributed by atoms with Crippen LogP contribution in [0.15, 0.2) is 60.8 Å². The highest BCUT2D eigenvalue weighted by Gasteiger charge is 2.16. The molecule has 3 nitrogen and oxygen atoms in total. The lowest BCUT2D eigenvalue weighted by atomic mass is 10.0. The van der Waals surface area contributed by atoms with Gasteiger partial charge in [-0.2, -0.15) is 5.10 Å². The van der Waals surface area contributed by atoms with Crippen LogP contribution in [0.3, 0.4) is 0 Å². The first kappa shape index (κ1) is 13.5. The van der Waals surface area contributed by atoms with Crippen molar-refractivity contribution in [3.63, 3.8) is 0 Å².